The van der Waals surface area contributed by atoms with Crippen molar-refractivity contribution in [2.75, 3.05) is 11.9 Å². The van der Waals surface area contributed by atoms with E-state index < -0.39 is 0 Å². The highest BCUT2D eigenvalue weighted by Gasteiger charge is 2.10. The predicted molar refractivity (Wildman–Crippen MR) is 81.4 cm³/mol. The van der Waals surface area contributed by atoms with Gasteiger partial charge in [-0.2, -0.15) is 0 Å². The third-order valence-electron chi connectivity index (χ3n) is 2.59. The molecule has 4 heteroatoms. The van der Waals surface area contributed by atoms with E-state index in [1.54, 1.807) is 0 Å². The van der Waals surface area contributed by atoms with Crippen LogP contribution in [0.2, 0.25) is 0 Å². The molecule has 1 N–H and O–H groups in total. The van der Waals surface area contributed by atoms with Gasteiger partial charge in [-0.05, 0) is 48.3 Å². The van der Waals surface area contributed by atoms with Gasteiger partial charge in [-0.1, -0.05) is 20.8 Å². The number of nitrogens with one attached hydrogen (secondary N) is 1. The number of hydrogen-bond donors (Lipinski definition) is 1. The summed E-state index contributed by atoms with van der Waals surface area (Å²) in [5.74, 6) is 2.68. The first-order valence-electron chi connectivity index (χ1n) is 6.37. The molecule has 1 aromatic heterocycles. The molecule has 1 rings (SSSR count). The summed E-state index contributed by atoms with van der Waals surface area (Å²) in [6, 6.07) is 0. The van der Waals surface area contributed by atoms with Crippen molar-refractivity contribution in [1.29, 1.82) is 0 Å². The van der Waals surface area contributed by atoms with Crippen molar-refractivity contribution in [1.82, 2.24) is 9.97 Å². The van der Waals surface area contributed by atoms with E-state index in [9.17, 15) is 0 Å². The fourth-order valence-electron chi connectivity index (χ4n) is 1.59. The quantitative estimate of drug-likeness (QED) is 0.798. The van der Waals surface area contributed by atoms with E-state index in [1.807, 2.05) is 0 Å². The Balaban J connectivity index is 2.94. The second-order valence-corrected chi connectivity index (χ2v) is 5.64. The first-order chi connectivity index (χ1) is 8.08. The highest BCUT2D eigenvalue weighted by atomic mass is 127. The summed E-state index contributed by atoms with van der Waals surface area (Å²) in [5, 5.41) is 3.32. The molecule has 0 bridgehead atoms. The molecule has 0 radical (unpaired) electrons. The van der Waals surface area contributed by atoms with Gasteiger partial charge in [-0.25, -0.2) is 9.97 Å². The van der Waals surface area contributed by atoms with E-state index in [4.69, 9.17) is 0 Å². The SMILES string of the molecule is CCNc1nc(CCC(C)C)nc(CC)c1I. The molecule has 0 aromatic carbocycles. The summed E-state index contributed by atoms with van der Waals surface area (Å²) in [6.07, 6.45) is 3.09. The fraction of sp³-hybridized carbons (Fsp3) is 0.692. The smallest absolute Gasteiger partial charge is 0.143 e. The summed E-state index contributed by atoms with van der Waals surface area (Å²) >= 11 is 2.34. The Morgan fingerprint density at radius 1 is 1.24 bits per heavy atom. The predicted octanol–water partition coefficient (Wildman–Crippen LogP) is 3.66. The van der Waals surface area contributed by atoms with Crippen LogP contribution in [0.15, 0.2) is 0 Å². The van der Waals surface area contributed by atoms with Gasteiger partial charge in [0.25, 0.3) is 0 Å². The van der Waals surface area contributed by atoms with Crippen LogP contribution in [0.5, 0.6) is 0 Å². The van der Waals surface area contributed by atoms with Crippen LogP contribution in [0.3, 0.4) is 0 Å². The van der Waals surface area contributed by atoms with Crippen LogP contribution in [0, 0.1) is 9.49 Å². The molecule has 0 aliphatic rings. The number of aryl methyl sites for hydroxylation is 2. The van der Waals surface area contributed by atoms with E-state index in [2.05, 4.69) is 65.6 Å². The molecule has 96 valence electrons. The van der Waals surface area contributed by atoms with Gasteiger partial charge >= 0.3 is 0 Å². The van der Waals surface area contributed by atoms with E-state index in [1.165, 1.54) is 3.57 Å². The summed E-state index contributed by atoms with van der Waals surface area (Å²) < 4.78 is 1.17. The molecule has 0 saturated heterocycles. The minimum Gasteiger partial charge on any atom is -0.369 e. The summed E-state index contributed by atoms with van der Waals surface area (Å²) in [6.45, 7) is 9.61. The third-order valence-corrected chi connectivity index (χ3v) is 3.72. The number of aromatic nitrogens is 2. The second kappa shape index (κ2) is 7.13. The molecule has 0 aliphatic carbocycles. The third kappa shape index (κ3) is 4.41. The summed E-state index contributed by atoms with van der Waals surface area (Å²) in [7, 11) is 0. The molecule has 3 nitrogen and oxygen atoms in total. The second-order valence-electron chi connectivity index (χ2n) is 4.57. The van der Waals surface area contributed by atoms with Gasteiger partial charge in [0.2, 0.25) is 0 Å². The van der Waals surface area contributed by atoms with E-state index in [-0.39, 0.29) is 0 Å². The van der Waals surface area contributed by atoms with Crippen molar-refractivity contribution < 1.29 is 0 Å². The van der Waals surface area contributed by atoms with Gasteiger partial charge in [-0.15, -0.1) is 0 Å². The molecule has 0 spiro atoms. The summed E-state index contributed by atoms with van der Waals surface area (Å²) in [5.41, 5.74) is 1.16. The number of hydrogen-bond acceptors (Lipinski definition) is 3. The van der Waals surface area contributed by atoms with Gasteiger partial charge in [0.1, 0.15) is 11.6 Å². The lowest BCUT2D eigenvalue weighted by Crippen LogP contribution is -2.10. The molecular formula is C13H22IN3. The van der Waals surface area contributed by atoms with E-state index in [0.717, 1.165) is 43.1 Å². The number of nitrogens with zero attached hydrogens (tertiary/aromatic N) is 2. The standard InChI is InChI=1S/C13H22IN3/c1-5-10-12(14)13(15-6-2)17-11(16-10)8-7-9(3)4/h9H,5-8H2,1-4H3,(H,15,16,17). The Morgan fingerprint density at radius 3 is 2.47 bits per heavy atom. The fourth-order valence-corrected chi connectivity index (χ4v) is 2.41. The Bertz CT molecular complexity index is 364. The molecular weight excluding hydrogens is 325 g/mol. The molecule has 0 aliphatic heterocycles. The van der Waals surface area contributed by atoms with Gasteiger partial charge in [0, 0.05) is 13.0 Å². The van der Waals surface area contributed by atoms with Crippen molar-refractivity contribution in [3.8, 4) is 0 Å². The molecule has 0 amide bonds. The highest BCUT2D eigenvalue weighted by Crippen LogP contribution is 2.20. The van der Waals surface area contributed by atoms with E-state index >= 15 is 0 Å². The maximum absolute atomic E-state index is 4.65. The molecule has 1 aromatic rings. The van der Waals surface area contributed by atoms with Crippen LogP contribution in [-0.2, 0) is 12.8 Å². The topological polar surface area (TPSA) is 37.8 Å². The first-order valence-corrected chi connectivity index (χ1v) is 7.45. The van der Waals surface area contributed by atoms with Crippen LogP contribution in [0.1, 0.15) is 45.6 Å². The Labute approximate surface area is 118 Å². The molecule has 17 heavy (non-hydrogen) atoms. The first kappa shape index (κ1) is 14.7. The van der Waals surface area contributed by atoms with Crippen molar-refractivity contribution in [3.05, 3.63) is 15.1 Å². The van der Waals surface area contributed by atoms with Crippen LogP contribution in [0.25, 0.3) is 0 Å². The lowest BCUT2D eigenvalue weighted by atomic mass is 10.1. The zero-order valence-corrected chi connectivity index (χ0v) is 13.3. The number of anilines is 1. The van der Waals surface area contributed by atoms with Crippen LogP contribution in [0.4, 0.5) is 5.82 Å². The Kier molecular flexibility index (Phi) is 6.16. The average Bonchev–Trinajstić information content (AvgIpc) is 2.30. The maximum atomic E-state index is 4.65. The van der Waals surface area contributed by atoms with Gasteiger partial charge in [0.05, 0.1) is 9.26 Å². The molecule has 0 saturated carbocycles. The average molecular weight is 347 g/mol. The van der Waals surface area contributed by atoms with Gasteiger partial charge in [0.15, 0.2) is 0 Å². The van der Waals surface area contributed by atoms with Crippen molar-refractivity contribution >= 4 is 28.4 Å². The van der Waals surface area contributed by atoms with Gasteiger partial charge < -0.3 is 5.32 Å². The zero-order valence-electron chi connectivity index (χ0n) is 11.2. The summed E-state index contributed by atoms with van der Waals surface area (Å²) in [4.78, 5) is 9.26. The van der Waals surface area contributed by atoms with Crippen molar-refractivity contribution in [2.45, 2.75) is 47.0 Å². The van der Waals surface area contributed by atoms with Crippen molar-refractivity contribution in [2.24, 2.45) is 5.92 Å². The molecule has 0 atom stereocenters. The highest BCUT2D eigenvalue weighted by molar-refractivity contribution is 14.1. The normalized spacial score (nSPS) is 10.9. The Morgan fingerprint density at radius 2 is 1.94 bits per heavy atom. The van der Waals surface area contributed by atoms with Crippen LogP contribution >= 0.6 is 22.6 Å². The molecule has 0 fully saturated rings. The minimum atomic E-state index is 0.700. The van der Waals surface area contributed by atoms with Crippen LogP contribution in [-0.4, -0.2) is 16.5 Å². The monoisotopic (exact) mass is 347 g/mol. The van der Waals surface area contributed by atoms with Gasteiger partial charge in [-0.3, -0.25) is 0 Å². The molecule has 1 heterocycles. The number of rotatable bonds is 6. The van der Waals surface area contributed by atoms with Crippen LogP contribution < -0.4 is 5.32 Å². The largest absolute Gasteiger partial charge is 0.369 e. The Hall–Kier alpha value is -0.390. The zero-order chi connectivity index (χ0) is 12.8. The van der Waals surface area contributed by atoms with Crippen molar-refractivity contribution in [3.63, 3.8) is 0 Å². The number of halogens is 1. The molecule has 0 unspecified atom stereocenters. The lowest BCUT2D eigenvalue weighted by Gasteiger charge is -2.12. The maximum Gasteiger partial charge on any atom is 0.143 e. The lowest BCUT2D eigenvalue weighted by molar-refractivity contribution is 0.573. The minimum absolute atomic E-state index is 0.700. The van der Waals surface area contributed by atoms with E-state index in [0.29, 0.717) is 5.92 Å².